The van der Waals surface area contributed by atoms with Crippen molar-refractivity contribution in [3.63, 3.8) is 0 Å². The van der Waals surface area contributed by atoms with Crippen molar-refractivity contribution < 1.29 is 13.5 Å². The van der Waals surface area contributed by atoms with E-state index in [1.54, 1.807) is 0 Å². The van der Waals surface area contributed by atoms with Crippen LogP contribution < -0.4 is 11.1 Å². The summed E-state index contributed by atoms with van der Waals surface area (Å²) < 4.78 is 24.7. The second kappa shape index (κ2) is 5.57. The highest BCUT2D eigenvalue weighted by Gasteiger charge is 2.23. The van der Waals surface area contributed by atoms with E-state index in [2.05, 4.69) is 10.4 Å². The smallest absolute Gasteiger partial charge is 0.182 e. The first-order chi connectivity index (χ1) is 8.27. The molecule has 7 nitrogen and oxygen atoms in total. The topological polar surface area (TPSA) is 110 Å². The van der Waals surface area contributed by atoms with Crippen molar-refractivity contribution in [3.05, 3.63) is 0 Å². The molecule has 1 aromatic heterocycles. The van der Waals surface area contributed by atoms with Gasteiger partial charge in [0, 0.05) is 12.8 Å². The number of aliphatic hydroxyl groups is 1. The van der Waals surface area contributed by atoms with E-state index in [0.717, 1.165) is 6.26 Å². The van der Waals surface area contributed by atoms with E-state index < -0.39 is 9.84 Å². The van der Waals surface area contributed by atoms with Gasteiger partial charge in [0.25, 0.3) is 0 Å². The van der Waals surface area contributed by atoms with E-state index in [1.165, 1.54) is 4.68 Å². The Morgan fingerprint density at radius 3 is 2.56 bits per heavy atom. The summed E-state index contributed by atoms with van der Waals surface area (Å²) in [5.74, 6) is 0.650. The van der Waals surface area contributed by atoms with Crippen molar-refractivity contribution in [1.82, 2.24) is 9.78 Å². The lowest BCUT2D eigenvalue weighted by Gasteiger charge is -2.07. The first-order valence-electron chi connectivity index (χ1n) is 5.68. The SMILES string of the molecule is CC(C)CNc1nn(CCO)c(N)c1S(C)(=O)=O. The van der Waals surface area contributed by atoms with Crippen LogP contribution in [0.25, 0.3) is 0 Å². The fourth-order valence-electron chi connectivity index (χ4n) is 1.51. The van der Waals surface area contributed by atoms with Crippen LogP contribution >= 0.6 is 0 Å². The highest BCUT2D eigenvalue weighted by atomic mass is 32.2. The Kier molecular flexibility index (Phi) is 4.58. The maximum Gasteiger partial charge on any atom is 0.182 e. The number of rotatable bonds is 6. The molecule has 0 spiro atoms. The fourth-order valence-corrected chi connectivity index (χ4v) is 2.46. The second-order valence-corrected chi connectivity index (χ2v) is 6.51. The third-order valence-corrected chi connectivity index (χ3v) is 3.45. The van der Waals surface area contributed by atoms with Crippen LogP contribution in [0.5, 0.6) is 0 Å². The van der Waals surface area contributed by atoms with E-state index in [9.17, 15) is 8.42 Å². The van der Waals surface area contributed by atoms with E-state index in [-0.39, 0.29) is 29.7 Å². The monoisotopic (exact) mass is 276 g/mol. The summed E-state index contributed by atoms with van der Waals surface area (Å²) in [6.07, 6.45) is 1.09. The Bertz CT molecular complexity index is 507. The predicted molar refractivity (Wildman–Crippen MR) is 70.2 cm³/mol. The normalized spacial score (nSPS) is 12.1. The van der Waals surface area contributed by atoms with Gasteiger partial charge in [-0.3, -0.25) is 0 Å². The quantitative estimate of drug-likeness (QED) is 0.671. The number of nitrogens with zero attached hydrogens (tertiary/aromatic N) is 2. The number of hydrogen-bond donors (Lipinski definition) is 3. The van der Waals surface area contributed by atoms with Crippen LogP contribution in [-0.2, 0) is 16.4 Å². The van der Waals surface area contributed by atoms with Crippen molar-refractivity contribution in [2.24, 2.45) is 5.92 Å². The zero-order chi connectivity index (χ0) is 13.9. The average Bonchev–Trinajstić information content (AvgIpc) is 2.53. The molecule has 0 aliphatic rings. The minimum absolute atomic E-state index is 0.00315. The zero-order valence-electron chi connectivity index (χ0n) is 10.8. The van der Waals surface area contributed by atoms with E-state index >= 15 is 0 Å². The Labute approximate surface area is 107 Å². The molecule has 0 aliphatic heterocycles. The van der Waals surface area contributed by atoms with Crippen molar-refractivity contribution in [2.45, 2.75) is 25.3 Å². The molecule has 0 atom stereocenters. The molecule has 0 saturated carbocycles. The largest absolute Gasteiger partial charge is 0.394 e. The standard InChI is InChI=1S/C10H20N4O3S/c1-7(2)6-12-10-8(18(3,16)17)9(11)14(13-10)4-5-15/h7,15H,4-6,11H2,1-3H3,(H,12,13). The van der Waals surface area contributed by atoms with Crippen LogP contribution in [0.1, 0.15) is 13.8 Å². The van der Waals surface area contributed by atoms with Gasteiger partial charge in [-0.25, -0.2) is 13.1 Å². The number of aromatic nitrogens is 2. The Balaban J connectivity index is 3.18. The average molecular weight is 276 g/mol. The first kappa shape index (κ1) is 14.8. The van der Waals surface area contributed by atoms with Gasteiger partial charge in [0.1, 0.15) is 5.82 Å². The van der Waals surface area contributed by atoms with E-state index in [1.807, 2.05) is 13.8 Å². The van der Waals surface area contributed by atoms with E-state index in [0.29, 0.717) is 12.5 Å². The van der Waals surface area contributed by atoms with Gasteiger partial charge in [0.05, 0.1) is 13.2 Å². The molecule has 0 radical (unpaired) electrons. The molecule has 1 rings (SSSR count). The van der Waals surface area contributed by atoms with Gasteiger partial charge in [-0.05, 0) is 5.92 Å². The summed E-state index contributed by atoms with van der Waals surface area (Å²) in [6.45, 7) is 4.61. The molecular formula is C10H20N4O3S. The third kappa shape index (κ3) is 3.36. The minimum Gasteiger partial charge on any atom is -0.394 e. The summed E-state index contributed by atoms with van der Waals surface area (Å²) in [4.78, 5) is -0.00315. The molecule has 1 heterocycles. The maximum atomic E-state index is 11.7. The molecule has 8 heteroatoms. The molecular weight excluding hydrogens is 256 g/mol. The molecule has 0 aromatic carbocycles. The number of nitrogens with one attached hydrogen (secondary N) is 1. The first-order valence-corrected chi connectivity index (χ1v) is 7.57. The lowest BCUT2D eigenvalue weighted by molar-refractivity contribution is 0.270. The zero-order valence-corrected chi connectivity index (χ0v) is 11.7. The summed E-state index contributed by atoms with van der Waals surface area (Å²) in [6, 6.07) is 0. The Hall–Kier alpha value is -1.28. The van der Waals surface area contributed by atoms with Crippen molar-refractivity contribution >= 4 is 21.5 Å². The second-order valence-electron chi connectivity index (χ2n) is 4.56. The van der Waals surface area contributed by atoms with E-state index in [4.69, 9.17) is 10.8 Å². The Morgan fingerprint density at radius 2 is 2.11 bits per heavy atom. The number of nitrogen functional groups attached to an aromatic ring is 1. The van der Waals surface area contributed by atoms with Crippen LogP contribution in [0, 0.1) is 5.92 Å². The van der Waals surface area contributed by atoms with Gasteiger partial charge in [-0.15, -0.1) is 0 Å². The highest BCUT2D eigenvalue weighted by Crippen LogP contribution is 2.27. The summed E-state index contributed by atoms with van der Waals surface area (Å²) in [5, 5.41) is 15.9. The van der Waals surface area contributed by atoms with Crippen molar-refractivity contribution in [1.29, 1.82) is 0 Å². The van der Waals surface area contributed by atoms with Gasteiger partial charge in [-0.1, -0.05) is 13.8 Å². The molecule has 0 amide bonds. The number of aliphatic hydroxyl groups excluding tert-OH is 1. The highest BCUT2D eigenvalue weighted by molar-refractivity contribution is 7.91. The van der Waals surface area contributed by atoms with Crippen LogP contribution in [0.4, 0.5) is 11.6 Å². The van der Waals surface area contributed by atoms with Crippen LogP contribution in [0.15, 0.2) is 4.90 Å². The molecule has 0 aliphatic carbocycles. The lowest BCUT2D eigenvalue weighted by Crippen LogP contribution is -2.11. The van der Waals surface area contributed by atoms with Gasteiger partial charge in [0.15, 0.2) is 20.6 Å². The molecule has 0 bridgehead atoms. The molecule has 0 saturated heterocycles. The summed E-state index contributed by atoms with van der Waals surface area (Å²) in [7, 11) is -3.46. The Morgan fingerprint density at radius 1 is 1.50 bits per heavy atom. The predicted octanol–water partition coefficient (Wildman–Crippen LogP) is -0.0710. The van der Waals surface area contributed by atoms with Crippen LogP contribution in [0.2, 0.25) is 0 Å². The molecule has 1 aromatic rings. The number of hydrogen-bond acceptors (Lipinski definition) is 6. The molecule has 4 N–H and O–H groups in total. The van der Waals surface area contributed by atoms with Crippen molar-refractivity contribution in [2.75, 3.05) is 30.5 Å². The van der Waals surface area contributed by atoms with Crippen molar-refractivity contribution in [3.8, 4) is 0 Å². The summed E-state index contributed by atoms with van der Waals surface area (Å²) in [5.41, 5.74) is 5.75. The number of sulfone groups is 1. The van der Waals surface area contributed by atoms with Gasteiger partial charge in [-0.2, -0.15) is 5.10 Å². The molecule has 0 unspecified atom stereocenters. The van der Waals surface area contributed by atoms with Gasteiger partial charge in [0.2, 0.25) is 0 Å². The fraction of sp³-hybridized carbons (Fsp3) is 0.700. The minimum atomic E-state index is -3.46. The van der Waals surface area contributed by atoms with Gasteiger partial charge < -0.3 is 16.2 Å². The maximum absolute atomic E-state index is 11.7. The third-order valence-electron chi connectivity index (χ3n) is 2.31. The van der Waals surface area contributed by atoms with Crippen LogP contribution in [-0.4, -0.2) is 42.7 Å². The summed E-state index contributed by atoms with van der Waals surface area (Å²) >= 11 is 0. The lowest BCUT2D eigenvalue weighted by atomic mass is 10.2. The molecule has 18 heavy (non-hydrogen) atoms. The van der Waals surface area contributed by atoms with Gasteiger partial charge >= 0.3 is 0 Å². The molecule has 0 fully saturated rings. The number of nitrogens with two attached hydrogens (primary N) is 1. The molecule has 104 valence electrons. The number of anilines is 2. The van der Waals surface area contributed by atoms with Crippen LogP contribution in [0.3, 0.4) is 0 Å².